The highest BCUT2D eigenvalue weighted by Gasteiger charge is 2.26. The van der Waals surface area contributed by atoms with Gasteiger partial charge in [0.05, 0.1) is 0 Å². The molecule has 0 aromatic heterocycles. The smallest absolute Gasteiger partial charge is 0.129 e. The molecule has 0 amide bonds. The Labute approximate surface area is 102 Å². The Morgan fingerprint density at radius 2 is 1.62 bits per heavy atom. The molecule has 0 aliphatic carbocycles. The van der Waals surface area contributed by atoms with Crippen molar-refractivity contribution in [3.63, 3.8) is 0 Å². The average Bonchev–Trinajstić information content (AvgIpc) is 2.26. The summed E-state index contributed by atoms with van der Waals surface area (Å²) in [6.07, 6.45) is 10.9. The average molecular weight is 226 g/mol. The Balaban J connectivity index is 4.25. The molecular weight excluding hydrogens is 196 g/mol. The molecule has 0 aliphatic heterocycles. The first-order valence-electron chi connectivity index (χ1n) is 7.09. The van der Waals surface area contributed by atoms with Crippen LogP contribution in [0.3, 0.4) is 0 Å². The van der Waals surface area contributed by atoms with Gasteiger partial charge in [0.25, 0.3) is 0 Å². The lowest BCUT2D eigenvalue weighted by Gasteiger charge is -2.32. The summed E-state index contributed by atoms with van der Waals surface area (Å²) < 4.78 is 0. The molecule has 0 rings (SSSR count). The molecule has 0 aliphatic rings. The second-order valence-electron chi connectivity index (χ2n) is 5.26. The van der Waals surface area contributed by atoms with Crippen LogP contribution in [0.15, 0.2) is 0 Å². The summed E-state index contributed by atoms with van der Waals surface area (Å²) in [5.41, 5.74) is 0.454. The summed E-state index contributed by atoms with van der Waals surface area (Å²) in [7, 11) is 0. The standard InChI is InChI=1S/C15H30O/c1-5-8-9-12-15(7-3,11-6-2)13-10-14(4)16/h5-13H2,1-4H3. The zero-order valence-corrected chi connectivity index (χ0v) is 11.8. The molecule has 96 valence electrons. The van der Waals surface area contributed by atoms with Gasteiger partial charge in [-0.1, -0.05) is 52.9 Å². The predicted octanol–water partition coefficient (Wildman–Crippen LogP) is 5.13. The molecule has 0 spiro atoms. The van der Waals surface area contributed by atoms with Crippen LogP contribution in [-0.4, -0.2) is 5.78 Å². The summed E-state index contributed by atoms with van der Waals surface area (Å²) >= 11 is 0. The molecule has 0 heterocycles. The quantitative estimate of drug-likeness (QED) is 0.472. The van der Waals surface area contributed by atoms with Crippen molar-refractivity contribution in [2.75, 3.05) is 0 Å². The first kappa shape index (κ1) is 15.7. The van der Waals surface area contributed by atoms with Gasteiger partial charge in [0.2, 0.25) is 0 Å². The van der Waals surface area contributed by atoms with Crippen molar-refractivity contribution in [2.45, 2.75) is 85.5 Å². The highest BCUT2D eigenvalue weighted by atomic mass is 16.1. The van der Waals surface area contributed by atoms with Gasteiger partial charge < -0.3 is 4.79 Å². The maximum atomic E-state index is 11.1. The summed E-state index contributed by atoms with van der Waals surface area (Å²) in [6.45, 7) is 8.53. The van der Waals surface area contributed by atoms with E-state index in [0.29, 0.717) is 11.2 Å². The fourth-order valence-electron chi connectivity index (χ4n) is 2.63. The van der Waals surface area contributed by atoms with Crippen LogP contribution >= 0.6 is 0 Å². The lowest BCUT2D eigenvalue weighted by Crippen LogP contribution is -2.21. The Bertz CT molecular complexity index is 186. The maximum Gasteiger partial charge on any atom is 0.129 e. The third-order valence-corrected chi connectivity index (χ3v) is 3.85. The number of carbonyl (C=O) groups excluding carboxylic acids is 1. The topological polar surface area (TPSA) is 17.1 Å². The lowest BCUT2D eigenvalue weighted by atomic mass is 9.73. The van der Waals surface area contributed by atoms with E-state index in [2.05, 4.69) is 20.8 Å². The molecule has 1 atom stereocenters. The van der Waals surface area contributed by atoms with E-state index in [1.54, 1.807) is 6.92 Å². The number of Topliss-reactive ketones (excluding diaryl/α,β-unsaturated/α-hetero) is 1. The molecule has 0 aromatic rings. The number of hydrogen-bond donors (Lipinski definition) is 0. The van der Waals surface area contributed by atoms with E-state index in [1.165, 1.54) is 44.9 Å². The number of ketones is 1. The third kappa shape index (κ3) is 6.30. The SMILES string of the molecule is CCCCCC(CC)(CCC)CCC(C)=O. The fourth-order valence-corrected chi connectivity index (χ4v) is 2.63. The summed E-state index contributed by atoms with van der Waals surface area (Å²) in [4.78, 5) is 11.1. The van der Waals surface area contributed by atoms with Gasteiger partial charge in [0.15, 0.2) is 0 Å². The molecular formula is C15H30O. The van der Waals surface area contributed by atoms with Gasteiger partial charge >= 0.3 is 0 Å². The van der Waals surface area contributed by atoms with Crippen LogP contribution in [0.1, 0.15) is 85.5 Å². The Kier molecular flexibility index (Phi) is 8.60. The van der Waals surface area contributed by atoms with Crippen molar-refractivity contribution in [3.8, 4) is 0 Å². The van der Waals surface area contributed by atoms with Crippen LogP contribution in [0, 0.1) is 5.41 Å². The molecule has 1 heteroatoms. The minimum atomic E-state index is 0.351. The minimum absolute atomic E-state index is 0.351. The first-order chi connectivity index (χ1) is 7.60. The second kappa shape index (κ2) is 8.78. The molecule has 0 fully saturated rings. The van der Waals surface area contributed by atoms with Crippen molar-refractivity contribution in [1.29, 1.82) is 0 Å². The van der Waals surface area contributed by atoms with E-state index in [0.717, 1.165) is 12.8 Å². The van der Waals surface area contributed by atoms with Crippen LogP contribution in [0.4, 0.5) is 0 Å². The van der Waals surface area contributed by atoms with E-state index in [4.69, 9.17) is 0 Å². The van der Waals surface area contributed by atoms with E-state index in [1.807, 2.05) is 0 Å². The monoisotopic (exact) mass is 226 g/mol. The minimum Gasteiger partial charge on any atom is -0.300 e. The van der Waals surface area contributed by atoms with Gasteiger partial charge in [-0.05, 0) is 31.6 Å². The van der Waals surface area contributed by atoms with Crippen molar-refractivity contribution in [2.24, 2.45) is 5.41 Å². The predicted molar refractivity (Wildman–Crippen MR) is 71.7 cm³/mol. The van der Waals surface area contributed by atoms with E-state index in [-0.39, 0.29) is 0 Å². The Hall–Kier alpha value is -0.330. The van der Waals surface area contributed by atoms with E-state index in [9.17, 15) is 4.79 Å². The van der Waals surface area contributed by atoms with E-state index >= 15 is 0 Å². The molecule has 1 nitrogen and oxygen atoms in total. The van der Waals surface area contributed by atoms with Gasteiger partial charge in [-0.25, -0.2) is 0 Å². The fraction of sp³-hybridized carbons (Fsp3) is 0.933. The number of carbonyl (C=O) groups is 1. The molecule has 0 saturated heterocycles. The molecule has 16 heavy (non-hydrogen) atoms. The summed E-state index contributed by atoms with van der Waals surface area (Å²) in [6, 6.07) is 0. The number of rotatable bonds is 10. The highest BCUT2D eigenvalue weighted by molar-refractivity contribution is 5.75. The van der Waals surface area contributed by atoms with Crippen molar-refractivity contribution in [1.82, 2.24) is 0 Å². The van der Waals surface area contributed by atoms with Gasteiger partial charge in [0, 0.05) is 6.42 Å². The van der Waals surface area contributed by atoms with Gasteiger partial charge in [-0.15, -0.1) is 0 Å². The lowest BCUT2D eigenvalue weighted by molar-refractivity contribution is -0.117. The molecule has 0 bridgehead atoms. The van der Waals surface area contributed by atoms with E-state index < -0.39 is 0 Å². The Morgan fingerprint density at radius 1 is 0.938 bits per heavy atom. The van der Waals surface area contributed by atoms with Crippen molar-refractivity contribution < 1.29 is 4.79 Å². The van der Waals surface area contributed by atoms with Gasteiger partial charge in [-0.2, -0.15) is 0 Å². The van der Waals surface area contributed by atoms with Crippen LogP contribution in [0.25, 0.3) is 0 Å². The van der Waals surface area contributed by atoms with Crippen LogP contribution in [-0.2, 0) is 4.79 Å². The van der Waals surface area contributed by atoms with Crippen molar-refractivity contribution >= 4 is 5.78 Å². The third-order valence-electron chi connectivity index (χ3n) is 3.85. The highest BCUT2D eigenvalue weighted by Crippen LogP contribution is 2.38. The normalized spacial score (nSPS) is 14.8. The van der Waals surface area contributed by atoms with Gasteiger partial charge in [0.1, 0.15) is 5.78 Å². The molecule has 0 N–H and O–H groups in total. The van der Waals surface area contributed by atoms with Gasteiger partial charge in [-0.3, -0.25) is 0 Å². The zero-order valence-electron chi connectivity index (χ0n) is 11.8. The molecule has 0 aromatic carbocycles. The largest absolute Gasteiger partial charge is 0.300 e. The summed E-state index contributed by atoms with van der Waals surface area (Å²) in [5.74, 6) is 0.351. The van der Waals surface area contributed by atoms with Crippen LogP contribution in [0.2, 0.25) is 0 Å². The molecule has 0 radical (unpaired) electrons. The zero-order chi connectivity index (χ0) is 12.4. The van der Waals surface area contributed by atoms with Crippen molar-refractivity contribution in [3.05, 3.63) is 0 Å². The Morgan fingerprint density at radius 3 is 2.06 bits per heavy atom. The van der Waals surface area contributed by atoms with Crippen LogP contribution < -0.4 is 0 Å². The van der Waals surface area contributed by atoms with Crippen LogP contribution in [0.5, 0.6) is 0 Å². The maximum absolute atomic E-state index is 11.1. The first-order valence-corrected chi connectivity index (χ1v) is 7.09. The molecule has 0 saturated carbocycles. The number of hydrogen-bond acceptors (Lipinski definition) is 1. The number of unbranched alkanes of at least 4 members (excludes halogenated alkanes) is 2. The summed E-state index contributed by atoms with van der Waals surface area (Å²) in [5, 5.41) is 0. The molecule has 1 unspecified atom stereocenters. The second-order valence-corrected chi connectivity index (χ2v) is 5.26.